The molecule has 0 aliphatic carbocycles. The van der Waals surface area contributed by atoms with Crippen LogP contribution in [0.1, 0.15) is 44.9 Å². The zero-order valence-corrected chi connectivity index (χ0v) is 18.6. The van der Waals surface area contributed by atoms with Crippen LogP contribution < -0.4 is 0 Å². The van der Waals surface area contributed by atoms with E-state index in [2.05, 4.69) is 0 Å². The molecule has 0 saturated carbocycles. The Morgan fingerprint density at radius 3 is 2.00 bits per heavy atom. The summed E-state index contributed by atoms with van der Waals surface area (Å²) >= 11 is 0. The van der Waals surface area contributed by atoms with Crippen molar-refractivity contribution in [1.82, 2.24) is 9.55 Å². The molecular formula is C25H28F2N2O4. The Morgan fingerprint density at radius 1 is 0.939 bits per heavy atom. The summed E-state index contributed by atoms with van der Waals surface area (Å²) in [5, 5.41) is 29.0. The van der Waals surface area contributed by atoms with Crippen molar-refractivity contribution in [3.05, 3.63) is 66.0 Å². The van der Waals surface area contributed by atoms with E-state index < -0.39 is 24.6 Å². The lowest BCUT2D eigenvalue weighted by Gasteiger charge is -2.18. The highest BCUT2D eigenvalue weighted by atomic mass is 19.1. The van der Waals surface area contributed by atoms with Crippen molar-refractivity contribution < 1.29 is 28.9 Å². The molecule has 2 atom stereocenters. The Morgan fingerprint density at radius 2 is 1.48 bits per heavy atom. The van der Waals surface area contributed by atoms with E-state index >= 15 is 0 Å². The summed E-state index contributed by atoms with van der Waals surface area (Å²) in [6, 6.07) is 12.0. The summed E-state index contributed by atoms with van der Waals surface area (Å²) in [6.45, 7) is 4.30. The molecule has 3 N–H and O–H groups in total. The van der Waals surface area contributed by atoms with Crippen molar-refractivity contribution in [2.75, 3.05) is 0 Å². The Kier molecular flexibility index (Phi) is 7.94. The molecule has 0 spiro atoms. The molecule has 8 heteroatoms. The fraction of sp³-hybridized carbons (Fsp3) is 0.360. The van der Waals surface area contributed by atoms with Gasteiger partial charge in [-0.05, 0) is 61.4 Å². The number of aliphatic hydroxyl groups is 2. The maximum atomic E-state index is 13.6. The standard InChI is InChI=1S/C25H28F2N2O4/c1-15(2)25-28-23(16-3-7-18(26)8-4-16)24(17-5-9-19(27)10-6-17)29(25)12-11-20(30)13-21(31)14-22(32)33/h3-10,15,20-21,30-31H,11-14H2,1-2H3,(H,32,33). The van der Waals surface area contributed by atoms with E-state index in [1.807, 2.05) is 18.4 Å². The Hall–Kier alpha value is -3.10. The molecule has 0 fully saturated rings. The van der Waals surface area contributed by atoms with E-state index in [1.54, 1.807) is 24.3 Å². The van der Waals surface area contributed by atoms with Gasteiger partial charge in [0, 0.05) is 23.6 Å². The number of benzene rings is 2. The van der Waals surface area contributed by atoms with Gasteiger partial charge in [-0.2, -0.15) is 0 Å². The van der Waals surface area contributed by atoms with Crippen LogP contribution in [-0.2, 0) is 11.3 Å². The molecule has 2 unspecified atom stereocenters. The average molecular weight is 459 g/mol. The zero-order valence-electron chi connectivity index (χ0n) is 18.6. The zero-order chi connectivity index (χ0) is 24.1. The van der Waals surface area contributed by atoms with Crippen molar-refractivity contribution in [2.45, 2.75) is 57.8 Å². The topological polar surface area (TPSA) is 95.6 Å². The number of carboxylic acid groups (broad SMARTS) is 1. The molecule has 1 heterocycles. The predicted molar refractivity (Wildman–Crippen MR) is 121 cm³/mol. The Balaban J connectivity index is 2.01. The number of carbonyl (C=O) groups is 1. The minimum atomic E-state index is -1.14. The molecule has 0 amide bonds. The van der Waals surface area contributed by atoms with Crippen LogP contribution in [0.3, 0.4) is 0 Å². The lowest BCUT2D eigenvalue weighted by molar-refractivity contribution is -0.139. The molecule has 176 valence electrons. The molecular weight excluding hydrogens is 430 g/mol. The summed E-state index contributed by atoms with van der Waals surface area (Å²) in [5.41, 5.74) is 2.75. The molecule has 1 aromatic heterocycles. The number of hydrogen-bond acceptors (Lipinski definition) is 4. The van der Waals surface area contributed by atoms with Gasteiger partial charge in [0.2, 0.25) is 0 Å². The predicted octanol–water partition coefficient (Wildman–Crippen LogP) is 4.60. The average Bonchev–Trinajstić information content (AvgIpc) is 3.12. The fourth-order valence-corrected chi connectivity index (χ4v) is 3.84. The largest absolute Gasteiger partial charge is 0.481 e. The second kappa shape index (κ2) is 10.7. The quantitative estimate of drug-likeness (QED) is 0.413. The van der Waals surface area contributed by atoms with Crippen molar-refractivity contribution in [2.24, 2.45) is 0 Å². The highest BCUT2D eigenvalue weighted by Gasteiger charge is 2.23. The van der Waals surface area contributed by atoms with Gasteiger partial charge in [0.1, 0.15) is 17.5 Å². The van der Waals surface area contributed by atoms with Crippen LogP contribution in [0.2, 0.25) is 0 Å². The number of hydrogen-bond donors (Lipinski definition) is 3. The molecule has 2 aromatic carbocycles. The number of aromatic nitrogens is 2. The minimum Gasteiger partial charge on any atom is -0.481 e. The fourth-order valence-electron chi connectivity index (χ4n) is 3.84. The number of imidazole rings is 1. The van der Waals surface area contributed by atoms with Gasteiger partial charge in [0.05, 0.1) is 30.0 Å². The number of nitrogens with zero attached hydrogens (tertiary/aromatic N) is 2. The molecule has 0 saturated heterocycles. The normalized spacial score (nSPS) is 13.3. The molecule has 33 heavy (non-hydrogen) atoms. The van der Waals surface area contributed by atoms with Crippen LogP contribution in [-0.4, -0.2) is 43.0 Å². The van der Waals surface area contributed by atoms with Gasteiger partial charge in [0.15, 0.2) is 0 Å². The summed E-state index contributed by atoms with van der Waals surface area (Å²) < 4.78 is 29.1. The second-order valence-electron chi connectivity index (χ2n) is 8.42. The second-order valence-corrected chi connectivity index (χ2v) is 8.42. The number of carboxylic acids is 1. The molecule has 3 aromatic rings. The van der Waals surface area contributed by atoms with Crippen LogP contribution >= 0.6 is 0 Å². The summed E-state index contributed by atoms with van der Waals surface area (Å²) in [4.78, 5) is 15.6. The van der Waals surface area contributed by atoms with Crippen LogP contribution in [0.5, 0.6) is 0 Å². The van der Waals surface area contributed by atoms with E-state index in [0.717, 1.165) is 11.4 Å². The van der Waals surface area contributed by atoms with Gasteiger partial charge in [-0.15, -0.1) is 0 Å². The summed E-state index contributed by atoms with van der Waals surface area (Å²) in [7, 11) is 0. The van der Waals surface area contributed by atoms with Crippen LogP contribution in [0.15, 0.2) is 48.5 Å². The first-order valence-electron chi connectivity index (χ1n) is 10.9. The highest BCUT2D eigenvalue weighted by molar-refractivity contribution is 5.79. The third-order valence-corrected chi connectivity index (χ3v) is 5.39. The van der Waals surface area contributed by atoms with E-state index in [9.17, 15) is 23.8 Å². The first-order valence-corrected chi connectivity index (χ1v) is 10.9. The van der Waals surface area contributed by atoms with Crippen molar-refractivity contribution in [3.8, 4) is 22.5 Å². The molecule has 0 bridgehead atoms. The van der Waals surface area contributed by atoms with Gasteiger partial charge in [0.25, 0.3) is 0 Å². The molecule has 0 radical (unpaired) electrons. The Labute approximate surface area is 191 Å². The lowest BCUT2D eigenvalue weighted by Crippen LogP contribution is -2.22. The van der Waals surface area contributed by atoms with E-state index in [4.69, 9.17) is 10.1 Å². The van der Waals surface area contributed by atoms with Crippen molar-refractivity contribution >= 4 is 5.97 Å². The maximum Gasteiger partial charge on any atom is 0.305 e. The lowest BCUT2D eigenvalue weighted by atomic mass is 10.0. The van der Waals surface area contributed by atoms with Crippen LogP contribution in [0, 0.1) is 11.6 Å². The van der Waals surface area contributed by atoms with E-state index in [-0.39, 0.29) is 30.4 Å². The monoisotopic (exact) mass is 458 g/mol. The number of halogens is 2. The number of rotatable bonds is 10. The van der Waals surface area contributed by atoms with Crippen LogP contribution in [0.4, 0.5) is 8.78 Å². The molecule has 0 aliphatic rings. The summed E-state index contributed by atoms with van der Waals surface area (Å²) in [6.07, 6.45) is -2.30. The number of aliphatic hydroxyl groups excluding tert-OH is 2. The van der Waals surface area contributed by atoms with Crippen LogP contribution in [0.25, 0.3) is 22.5 Å². The third kappa shape index (κ3) is 6.24. The van der Waals surface area contributed by atoms with Crippen molar-refractivity contribution in [1.29, 1.82) is 0 Å². The third-order valence-electron chi connectivity index (χ3n) is 5.39. The SMILES string of the molecule is CC(C)c1nc(-c2ccc(F)cc2)c(-c2ccc(F)cc2)n1CCC(O)CC(O)CC(=O)O. The maximum absolute atomic E-state index is 13.6. The first kappa shape index (κ1) is 24.5. The highest BCUT2D eigenvalue weighted by Crippen LogP contribution is 2.35. The van der Waals surface area contributed by atoms with E-state index in [0.29, 0.717) is 23.5 Å². The first-order chi connectivity index (χ1) is 15.7. The van der Waals surface area contributed by atoms with Gasteiger partial charge in [-0.3, -0.25) is 4.79 Å². The smallest absolute Gasteiger partial charge is 0.305 e. The Bertz CT molecular complexity index is 1080. The van der Waals surface area contributed by atoms with Gasteiger partial charge >= 0.3 is 5.97 Å². The van der Waals surface area contributed by atoms with Gasteiger partial charge in [-0.25, -0.2) is 13.8 Å². The summed E-state index contributed by atoms with van der Waals surface area (Å²) in [5.74, 6) is -1.11. The van der Waals surface area contributed by atoms with E-state index in [1.165, 1.54) is 24.3 Å². The molecule has 6 nitrogen and oxygen atoms in total. The molecule has 0 aliphatic heterocycles. The van der Waals surface area contributed by atoms with Gasteiger partial charge < -0.3 is 19.9 Å². The molecule has 3 rings (SSSR count). The minimum absolute atomic E-state index is 0.0214. The van der Waals surface area contributed by atoms with Gasteiger partial charge in [-0.1, -0.05) is 13.8 Å². The van der Waals surface area contributed by atoms with Crippen molar-refractivity contribution in [3.63, 3.8) is 0 Å². The number of aliphatic carboxylic acids is 1.